The average molecular weight is 663 g/mol. The molecular weight excluding hydrogens is 629 g/mol. The van der Waals surface area contributed by atoms with Crippen molar-refractivity contribution in [2.75, 3.05) is 19.9 Å². The standard InChI is InChI=1S/C27H33F11O6/c28-13-23(40-11-14-4-5-14)24(20(29)30,25(23,41-17-2-1-3-17)42-18-9-21(31,32)10-18)26(44-38,27(35,36)37)43-19(15-6-7-15)39-12-16-8-22(16,33)34/h14-20H,1-13H2. The third-order valence-electron chi connectivity index (χ3n) is 9.88. The molecule has 6 aliphatic rings. The highest BCUT2D eigenvalue weighted by Gasteiger charge is 3.07. The van der Waals surface area contributed by atoms with Gasteiger partial charge in [-0.15, -0.1) is 4.94 Å². The van der Waals surface area contributed by atoms with Crippen LogP contribution in [0.5, 0.6) is 0 Å². The fourth-order valence-corrected chi connectivity index (χ4v) is 6.51. The molecule has 0 spiro atoms. The first-order chi connectivity index (χ1) is 20.5. The van der Waals surface area contributed by atoms with E-state index in [1.54, 1.807) is 0 Å². The summed E-state index contributed by atoms with van der Waals surface area (Å²) in [7, 11) is 0. The molecule has 0 aliphatic heterocycles. The zero-order chi connectivity index (χ0) is 32.0. The van der Waals surface area contributed by atoms with Gasteiger partial charge >= 0.3 is 12.0 Å². The van der Waals surface area contributed by atoms with E-state index in [-0.39, 0.29) is 31.6 Å². The van der Waals surface area contributed by atoms with Crippen molar-refractivity contribution < 1.29 is 77.1 Å². The first-order valence-electron chi connectivity index (χ1n) is 14.8. The number of halogens is 11. The Morgan fingerprint density at radius 3 is 1.84 bits per heavy atom. The minimum Gasteiger partial charge on any atom is -0.365 e. The molecule has 6 nitrogen and oxygen atoms in total. The van der Waals surface area contributed by atoms with Gasteiger partial charge in [0.05, 0.1) is 31.3 Å². The molecule has 6 fully saturated rings. The van der Waals surface area contributed by atoms with Gasteiger partial charge in [-0.25, -0.2) is 30.7 Å². The van der Waals surface area contributed by atoms with E-state index in [1.807, 2.05) is 0 Å². The van der Waals surface area contributed by atoms with Crippen LogP contribution >= 0.6 is 0 Å². The van der Waals surface area contributed by atoms with Gasteiger partial charge in [-0.2, -0.15) is 13.2 Å². The van der Waals surface area contributed by atoms with E-state index in [0.717, 1.165) is 0 Å². The molecular formula is C27H33F11O6. The minimum absolute atomic E-state index is 0.107. The van der Waals surface area contributed by atoms with Crippen LogP contribution < -0.4 is 0 Å². The summed E-state index contributed by atoms with van der Waals surface area (Å²) in [6.45, 7) is -3.56. The highest BCUT2D eigenvalue weighted by Crippen LogP contribution is 2.81. The highest BCUT2D eigenvalue weighted by molar-refractivity contribution is 5.40. The van der Waals surface area contributed by atoms with Crippen LogP contribution in [0.3, 0.4) is 0 Å². The zero-order valence-electron chi connectivity index (χ0n) is 23.3. The quantitative estimate of drug-likeness (QED) is 0.123. The van der Waals surface area contributed by atoms with Gasteiger partial charge in [0.25, 0.3) is 18.3 Å². The lowest BCUT2D eigenvalue weighted by molar-refractivity contribution is -0.508. The van der Waals surface area contributed by atoms with Crippen molar-refractivity contribution in [3.63, 3.8) is 0 Å². The normalized spacial score (nSPS) is 38.6. The van der Waals surface area contributed by atoms with Crippen LogP contribution in [0.15, 0.2) is 0 Å². The molecule has 0 aromatic heterocycles. The maximum absolute atomic E-state index is 15.7. The van der Waals surface area contributed by atoms with E-state index in [9.17, 15) is 22.1 Å². The predicted octanol–water partition coefficient (Wildman–Crippen LogP) is 7.05. The van der Waals surface area contributed by atoms with Crippen molar-refractivity contribution in [1.82, 2.24) is 0 Å². The number of hydrogen-bond acceptors (Lipinski definition) is 6. The number of ether oxygens (including phenoxy) is 5. The van der Waals surface area contributed by atoms with Crippen molar-refractivity contribution in [2.45, 2.75) is 124 Å². The molecule has 6 atom stereocenters. The number of alkyl halides is 10. The maximum Gasteiger partial charge on any atom is 0.447 e. The average Bonchev–Trinajstić information content (AvgIpc) is 3.73. The molecule has 44 heavy (non-hydrogen) atoms. The molecule has 6 aliphatic carbocycles. The monoisotopic (exact) mass is 662 g/mol. The smallest absolute Gasteiger partial charge is 0.365 e. The molecule has 6 saturated carbocycles. The fraction of sp³-hybridized carbons (Fsp3) is 1.00. The van der Waals surface area contributed by atoms with Gasteiger partial charge in [0.1, 0.15) is 6.67 Å². The van der Waals surface area contributed by atoms with Crippen LogP contribution in [0.2, 0.25) is 0 Å². The molecule has 0 saturated heterocycles. The summed E-state index contributed by atoms with van der Waals surface area (Å²) in [5.74, 6) is -17.9. The summed E-state index contributed by atoms with van der Waals surface area (Å²) in [6, 6.07) is 0. The lowest BCUT2D eigenvalue weighted by Gasteiger charge is -2.44. The van der Waals surface area contributed by atoms with Crippen molar-refractivity contribution in [3.8, 4) is 0 Å². The Labute approximate surface area is 245 Å². The van der Waals surface area contributed by atoms with E-state index in [0.29, 0.717) is 19.3 Å². The Morgan fingerprint density at radius 1 is 0.818 bits per heavy atom. The van der Waals surface area contributed by atoms with Crippen LogP contribution in [0.25, 0.3) is 0 Å². The second-order valence-electron chi connectivity index (χ2n) is 13.1. The molecule has 0 radical (unpaired) electrons. The van der Waals surface area contributed by atoms with Gasteiger partial charge in [0.15, 0.2) is 17.3 Å². The Kier molecular flexibility index (Phi) is 8.05. The third kappa shape index (κ3) is 4.96. The van der Waals surface area contributed by atoms with Crippen molar-refractivity contribution in [2.24, 2.45) is 23.2 Å². The van der Waals surface area contributed by atoms with Crippen molar-refractivity contribution >= 4 is 0 Å². The summed E-state index contributed by atoms with van der Waals surface area (Å²) in [4.78, 5) is 3.39. The summed E-state index contributed by atoms with van der Waals surface area (Å²) in [5, 5.41) is 0. The highest BCUT2D eigenvalue weighted by atomic mass is 19.4. The maximum atomic E-state index is 15.7. The van der Waals surface area contributed by atoms with Crippen LogP contribution in [0, 0.1) is 23.2 Å². The Morgan fingerprint density at radius 2 is 1.43 bits per heavy atom. The van der Waals surface area contributed by atoms with Gasteiger partial charge in [0, 0.05) is 25.2 Å². The van der Waals surface area contributed by atoms with Crippen LogP contribution in [0.4, 0.5) is 48.4 Å². The molecule has 17 heteroatoms. The Hall–Kier alpha value is -1.01. The van der Waals surface area contributed by atoms with Gasteiger partial charge in [-0.3, -0.25) is 0 Å². The Balaban J connectivity index is 1.46. The second-order valence-corrected chi connectivity index (χ2v) is 13.1. The van der Waals surface area contributed by atoms with Gasteiger partial charge in [0.2, 0.25) is 5.79 Å². The molecule has 0 aromatic carbocycles. The first-order valence-corrected chi connectivity index (χ1v) is 14.8. The summed E-state index contributed by atoms with van der Waals surface area (Å²) >= 11 is 0. The summed E-state index contributed by atoms with van der Waals surface area (Å²) in [6.07, 6.45) is -16.7. The second kappa shape index (κ2) is 10.8. The molecule has 0 aromatic rings. The fourth-order valence-electron chi connectivity index (χ4n) is 6.51. The third-order valence-corrected chi connectivity index (χ3v) is 9.88. The van der Waals surface area contributed by atoms with Gasteiger partial charge < -0.3 is 23.7 Å². The first kappa shape index (κ1) is 32.9. The SMILES string of the molecule is FCC1(OCC2CC2)C(OC2CCC2)(OC2CC(F)(F)C2)C1(C(F)F)C(OF)(OC(OCC1CC1(F)F)C1CC1)C(F)(F)F. The lowest BCUT2D eigenvalue weighted by Crippen LogP contribution is -2.65. The Bertz CT molecular complexity index is 1060. The van der Waals surface area contributed by atoms with Crippen LogP contribution in [0.1, 0.15) is 64.2 Å². The van der Waals surface area contributed by atoms with Crippen LogP contribution in [-0.2, 0) is 28.6 Å². The number of hydrogen-bond donors (Lipinski definition) is 0. The zero-order valence-corrected chi connectivity index (χ0v) is 23.3. The van der Waals surface area contributed by atoms with E-state index in [4.69, 9.17) is 23.7 Å². The molecule has 6 unspecified atom stereocenters. The van der Waals surface area contributed by atoms with Crippen molar-refractivity contribution in [3.05, 3.63) is 0 Å². The van der Waals surface area contributed by atoms with Gasteiger partial charge in [-0.1, -0.05) is 0 Å². The molecule has 0 amide bonds. The summed E-state index contributed by atoms with van der Waals surface area (Å²) < 4.78 is 189. The summed E-state index contributed by atoms with van der Waals surface area (Å²) in [5.41, 5.74) is -7.76. The molecule has 0 bridgehead atoms. The topological polar surface area (TPSA) is 55.4 Å². The van der Waals surface area contributed by atoms with E-state index in [2.05, 4.69) is 4.94 Å². The van der Waals surface area contributed by atoms with Gasteiger partial charge in [-0.05, 0) is 55.4 Å². The molecule has 0 heterocycles. The van der Waals surface area contributed by atoms with Crippen molar-refractivity contribution in [1.29, 1.82) is 0 Å². The minimum atomic E-state index is -6.25. The molecule has 254 valence electrons. The largest absolute Gasteiger partial charge is 0.447 e. The molecule has 0 N–H and O–H groups in total. The van der Waals surface area contributed by atoms with Crippen LogP contribution in [-0.4, -0.2) is 80.0 Å². The van der Waals surface area contributed by atoms with E-state index in [1.165, 1.54) is 0 Å². The number of rotatable bonds is 17. The lowest BCUT2D eigenvalue weighted by atomic mass is 9.88. The molecule has 6 rings (SSSR count). The predicted molar refractivity (Wildman–Crippen MR) is 124 cm³/mol. The van der Waals surface area contributed by atoms with E-state index >= 15 is 26.3 Å². The van der Waals surface area contributed by atoms with E-state index < -0.39 is 117 Å².